The predicted octanol–water partition coefficient (Wildman–Crippen LogP) is 6.63. The largest absolute Gasteiger partial charge is 0.477 e. The highest BCUT2D eigenvalue weighted by atomic mass is 32.2. The number of carbonyl (C=O) groups is 2. The average Bonchev–Trinajstić information content (AvgIpc) is 3.29. The first-order valence-electron chi connectivity index (χ1n) is 13.6. The normalized spacial score (nSPS) is 23.8. The number of anilines is 1. The minimum Gasteiger partial charge on any atom is -0.477 e. The first-order valence-corrected chi connectivity index (χ1v) is 15.3. The van der Waals surface area contributed by atoms with Crippen LogP contribution in [-0.2, 0) is 4.79 Å². The summed E-state index contributed by atoms with van der Waals surface area (Å²) in [5.41, 5.74) is 0.306. The van der Waals surface area contributed by atoms with Gasteiger partial charge in [-0.25, -0.2) is 4.79 Å². The van der Waals surface area contributed by atoms with Crippen LogP contribution >= 0.6 is 23.1 Å². The molecule has 2 aromatic heterocycles. The van der Waals surface area contributed by atoms with Crippen LogP contribution in [0.25, 0.3) is 0 Å². The van der Waals surface area contributed by atoms with Crippen LogP contribution in [0.2, 0.25) is 0 Å². The quantitative estimate of drug-likeness (QED) is 0.237. The number of carbonyl (C=O) groups excluding carboxylic acids is 1. The first kappa shape index (κ1) is 28.5. The summed E-state index contributed by atoms with van der Waals surface area (Å²) < 4.78 is 1.15. The van der Waals surface area contributed by atoms with Crippen molar-refractivity contribution in [2.45, 2.75) is 95.4 Å². The lowest BCUT2D eigenvalue weighted by Gasteiger charge is -2.39. The van der Waals surface area contributed by atoms with Crippen LogP contribution in [0.15, 0.2) is 35.5 Å². The summed E-state index contributed by atoms with van der Waals surface area (Å²) in [5, 5.41) is 21.4. The minimum atomic E-state index is -1.01. The van der Waals surface area contributed by atoms with Crippen molar-refractivity contribution in [3.05, 3.63) is 40.2 Å². The number of carboxylic acid groups (broad SMARTS) is 1. The Balaban J connectivity index is 1.61. The van der Waals surface area contributed by atoms with Gasteiger partial charge in [-0.05, 0) is 102 Å². The molecule has 38 heavy (non-hydrogen) atoms. The summed E-state index contributed by atoms with van der Waals surface area (Å²) >= 11 is 2.82. The molecule has 6 nitrogen and oxygen atoms in total. The maximum absolute atomic E-state index is 14.1. The van der Waals surface area contributed by atoms with Gasteiger partial charge in [0.05, 0.1) is 10.6 Å². The molecular weight excluding hydrogens is 516 g/mol. The van der Waals surface area contributed by atoms with Gasteiger partial charge in [0.1, 0.15) is 4.88 Å². The molecule has 0 radical (unpaired) electrons. The van der Waals surface area contributed by atoms with Gasteiger partial charge >= 0.3 is 5.97 Å². The van der Waals surface area contributed by atoms with Crippen molar-refractivity contribution in [3.63, 3.8) is 0 Å². The number of aromatic nitrogens is 1. The molecule has 0 bridgehead atoms. The molecule has 2 aliphatic rings. The van der Waals surface area contributed by atoms with E-state index in [0.717, 1.165) is 61.1 Å². The van der Waals surface area contributed by atoms with Gasteiger partial charge in [-0.2, -0.15) is 0 Å². The Hall–Kier alpha value is -2.50. The zero-order valence-electron chi connectivity index (χ0n) is 22.8. The van der Waals surface area contributed by atoms with Gasteiger partial charge in [0, 0.05) is 39.5 Å². The van der Waals surface area contributed by atoms with E-state index in [2.05, 4.69) is 18.8 Å². The second-order valence-corrected chi connectivity index (χ2v) is 14.1. The molecule has 2 saturated carbocycles. The molecular formula is C30H39N2O4S2+. The zero-order chi connectivity index (χ0) is 27.4. The van der Waals surface area contributed by atoms with Gasteiger partial charge in [-0.15, -0.1) is 11.3 Å². The van der Waals surface area contributed by atoms with E-state index in [1.54, 1.807) is 24.0 Å². The van der Waals surface area contributed by atoms with Gasteiger partial charge < -0.3 is 10.0 Å². The van der Waals surface area contributed by atoms with E-state index in [1.807, 2.05) is 43.9 Å². The average molecular weight is 556 g/mol. The van der Waals surface area contributed by atoms with Gasteiger partial charge in [-0.1, -0.05) is 18.8 Å². The molecule has 0 saturated heterocycles. The van der Waals surface area contributed by atoms with Gasteiger partial charge in [0.25, 0.3) is 5.03 Å². The molecule has 0 aliphatic heterocycles. The van der Waals surface area contributed by atoms with Crippen LogP contribution in [0.4, 0.5) is 5.69 Å². The highest BCUT2D eigenvalue weighted by Gasteiger charge is 2.38. The number of hydrogen-bond donors (Lipinski definition) is 2. The lowest BCUT2D eigenvalue weighted by Crippen LogP contribution is -2.47. The third kappa shape index (κ3) is 7.12. The van der Waals surface area contributed by atoms with Crippen LogP contribution in [0.3, 0.4) is 0 Å². The van der Waals surface area contributed by atoms with E-state index in [0.29, 0.717) is 21.7 Å². The van der Waals surface area contributed by atoms with E-state index in [-0.39, 0.29) is 28.2 Å². The number of pyridine rings is 1. The van der Waals surface area contributed by atoms with Crippen LogP contribution in [0.5, 0.6) is 0 Å². The second-order valence-electron chi connectivity index (χ2n) is 11.7. The maximum atomic E-state index is 14.1. The molecule has 0 atom stereocenters. The van der Waals surface area contributed by atoms with E-state index in [1.165, 1.54) is 11.3 Å². The first-order chi connectivity index (χ1) is 18.0. The molecule has 2 N–H and O–H groups in total. The number of aromatic carboxylic acids is 1. The van der Waals surface area contributed by atoms with Crippen molar-refractivity contribution in [2.75, 3.05) is 4.90 Å². The Kier molecular flexibility index (Phi) is 9.10. The molecule has 2 aromatic rings. The third-order valence-electron chi connectivity index (χ3n) is 7.43. The van der Waals surface area contributed by atoms with Gasteiger partial charge in [0.2, 0.25) is 12.1 Å². The monoisotopic (exact) mass is 555 g/mol. The third-order valence-corrected chi connectivity index (χ3v) is 9.83. The van der Waals surface area contributed by atoms with Gasteiger partial charge in [-0.3, -0.25) is 10.0 Å². The number of rotatable bonds is 6. The Morgan fingerprint density at radius 3 is 2.37 bits per heavy atom. The Morgan fingerprint density at radius 1 is 1.08 bits per heavy atom. The molecule has 2 fully saturated rings. The highest BCUT2D eigenvalue weighted by Crippen LogP contribution is 2.41. The lowest BCUT2D eigenvalue weighted by atomic mass is 9.81. The van der Waals surface area contributed by atoms with E-state index in [9.17, 15) is 19.9 Å². The SMILES string of the molecule is CC1CCC(C(=O)N(c2cc(C#CC(C)(C)C)sc2C(=O)O)C2CCC(Sc3cccc[n+]3O)CC2)CC1. The minimum absolute atomic E-state index is 0.0492. The smallest absolute Gasteiger partial charge is 0.348 e. The summed E-state index contributed by atoms with van der Waals surface area (Å²) in [5.74, 6) is 5.98. The fourth-order valence-corrected chi connectivity index (χ4v) is 7.34. The summed E-state index contributed by atoms with van der Waals surface area (Å²) in [4.78, 5) is 29.2. The zero-order valence-corrected chi connectivity index (χ0v) is 24.4. The van der Waals surface area contributed by atoms with Crippen LogP contribution < -0.4 is 9.63 Å². The van der Waals surface area contributed by atoms with E-state index in [4.69, 9.17) is 0 Å². The predicted molar refractivity (Wildman–Crippen MR) is 152 cm³/mol. The Bertz CT molecular complexity index is 1210. The summed E-state index contributed by atoms with van der Waals surface area (Å²) in [7, 11) is 0. The van der Waals surface area contributed by atoms with Crippen LogP contribution in [-0.4, -0.2) is 33.5 Å². The molecule has 4 rings (SSSR count). The molecule has 0 unspecified atom stereocenters. The topological polar surface area (TPSA) is 81.7 Å². The highest BCUT2D eigenvalue weighted by molar-refractivity contribution is 7.99. The lowest BCUT2D eigenvalue weighted by molar-refractivity contribution is -0.932. The fourth-order valence-electron chi connectivity index (χ4n) is 5.33. The molecule has 8 heteroatoms. The number of hydrogen-bond acceptors (Lipinski definition) is 5. The molecule has 0 spiro atoms. The standard InChI is InChI=1S/C30H38N2O4S2/c1-20-8-10-21(11-9-20)28(33)32(25-19-24(16-17-30(2,3)4)38-27(25)29(34)35)22-12-14-23(15-13-22)37-26-7-5-6-18-31(26)36/h5-7,18-23H,8-15H2,1-4H3,(H-,34,35,36)/p+1. The molecule has 0 aromatic carbocycles. The fraction of sp³-hybridized carbons (Fsp3) is 0.567. The van der Waals surface area contributed by atoms with Crippen molar-refractivity contribution < 1.29 is 24.6 Å². The molecule has 204 valence electrons. The second kappa shape index (κ2) is 12.1. The molecule has 1 amide bonds. The number of nitrogens with zero attached hydrogens (tertiary/aromatic N) is 2. The van der Waals surface area contributed by atoms with Crippen LogP contribution in [0.1, 0.15) is 93.6 Å². The van der Waals surface area contributed by atoms with Gasteiger partial charge in [0.15, 0.2) is 0 Å². The van der Waals surface area contributed by atoms with Crippen molar-refractivity contribution in [2.24, 2.45) is 17.3 Å². The van der Waals surface area contributed by atoms with E-state index < -0.39 is 5.97 Å². The van der Waals surface area contributed by atoms with Crippen molar-refractivity contribution in [3.8, 4) is 11.8 Å². The Morgan fingerprint density at radius 2 is 1.76 bits per heavy atom. The van der Waals surface area contributed by atoms with Crippen LogP contribution in [0, 0.1) is 29.1 Å². The van der Waals surface area contributed by atoms with E-state index >= 15 is 0 Å². The molecule has 2 heterocycles. The number of carboxylic acids is 1. The molecule has 2 aliphatic carbocycles. The summed E-state index contributed by atoms with van der Waals surface area (Å²) in [6.07, 6.45) is 8.77. The number of thioether (sulfide) groups is 1. The number of thiophene rings is 1. The van der Waals surface area contributed by atoms with Crippen molar-refractivity contribution >= 4 is 40.7 Å². The number of amides is 1. The summed E-state index contributed by atoms with van der Waals surface area (Å²) in [6.45, 7) is 8.31. The van der Waals surface area contributed by atoms with Crippen molar-refractivity contribution in [1.29, 1.82) is 0 Å². The maximum Gasteiger partial charge on any atom is 0.348 e. The summed E-state index contributed by atoms with van der Waals surface area (Å²) in [6, 6.07) is 7.39. The van der Waals surface area contributed by atoms with Crippen molar-refractivity contribution in [1.82, 2.24) is 0 Å². The Labute approximate surface area is 234 Å².